The van der Waals surface area contributed by atoms with Gasteiger partial charge in [-0.3, -0.25) is 0 Å². The molecule has 0 aliphatic carbocycles. The van der Waals surface area contributed by atoms with Crippen LogP contribution in [0.3, 0.4) is 0 Å². The van der Waals surface area contributed by atoms with E-state index in [0.29, 0.717) is 6.54 Å². The Balaban J connectivity index is 4.47. The summed E-state index contributed by atoms with van der Waals surface area (Å²) in [6, 6.07) is 0. The van der Waals surface area contributed by atoms with Gasteiger partial charge in [0, 0.05) is 12.0 Å². The van der Waals surface area contributed by atoms with Crippen LogP contribution in [-0.4, -0.2) is 6.54 Å². The van der Waals surface area contributed by atoms with Crippen LogP contribution in [0.1, 0.15) is 34.1 Å². The monoisotopic (exact) mass is 167 g/mol. The van der Waals surface area contributed by atoms with Crippen LogP contribution in [0.4, 0.5) is 0 Å². The Hall–Kier alpha value is -0.560. The number of nitrogens with two attached hydrogens (primary N) is 1. The number of rotatable bonds is 4. The molecule has 0 saturated heterocycles. The van der Waals surface area contributed by atoms with Crippen LogP contribution >= 0.6 is 0 Å². The summed E-state index contributed by atoms with van der Waals surface area (Å²) in [6.45, 7) is 9.23. The van der Waals surface area contributed by atoms with E-state index in [1.165, 1.54) is 5.57 Å². The van der Waals surface area contributed by atoms with Crippen LogP contribution in [0.25, 0.3) is 0 Å². The van der Waals surface area contributed by atoms with E-state index in [2.05, 4.69) is 45.9 Å². The first kappa shape index (κ1) is 11.4. The van der Waals surface area contributed by atoms with Crippen LogP contribution in [0.5, 0.6) is 0 Å². The molecule has 0 heterocycles. The van der Waals surface area contributed by atoms with Gasteiger partial charge in [-0.25, -0.2) is 0 Å². The molecule has 1 heteroatoms. The third kappa shape index (κ3) is 3.22. The van der Waals surface area contributed by atoms with Gasteiger partial charge in [0.25, 0.3) is 0 Å². The Morgan fingerprint density at radius 1 is 1.42 bits per heavy atom. The number of allylic oxidation sites excluding steroid dienone is 3. The summed E-state index contributed by atoms with van der Waals surface area (Å²) < 4.78 is 0. The first-order valence-corrected chi connectivity index (χ1v) is 4.62. The van der Waals surface area contributed by atoms with E-state index in [9.17, 15) is 0 Å². The van der Waals surface area contributed by atoms with Crippen molar-refractivity contribution in [3.05, 3.63) is 23.8 Å². The summed E-state index contributed by atoms with van der Waals surface area (Å²) in [5.41, 5.74) is 7.12. The lowest BCUT2D eigenvalue weighted by molar-refractivity contribution is 0.471. The normalized spacial score (nSPS) is 14.2. The molecule has 2 N–H and O–H groups in total. The van der Waals surface area contributed by atoms with Crippen molar-refractivity contribution in [3.63, 3.8) is 0 Å². The van der Waals surface area contributed by atoms with Crippen LogP contribution in [0.15, 0.2) is 23.8 Å². The Morgan fingerprint density at radius 3 is 2.33 bits per heavy atom. The van der Waals surface area contributed by atoms with Crippen molar-refractivity contribution in [1.82, 2.24) is 0 Å². The lowest BCUT2D eigenvalue weighted by Gasteiger charge is -2.23. The molecule has 0 bridgehead atoms. The summed E-state index contributed by atoms with van der Waals surface area (Å²) >= 11 is 0. The van der Waals surface area contributed by atoms with Gasteiger partial charge in [-0.2, -0.15) is 0 Å². The zero-order valence-corrected chi connectivity index (χ0v) is 8.72. The topological polar surface area (TPSA) is 26.0 Å². The average molecular weight is 167 g/mol. The van der Waals surface area contributed by atoms with Crippen LogP contribution < -0.4 is 5.73 Å². The van der Waals surface area contributed by atoms with Gasteiger partial charge >= 0.3 is 0 Å². The van der Waals surface area contributed by atoms with Gasteiger partial charge in [0.15, 0.2) is 0 Å². The molecule has 0 atom stereocenters. The summed E-state index contributed by atoms with van der Waals surface area (Å²) in [7, 11) is 0. The molecule has 0 radical (unpaired) electrons. The smallest absolute Gasteiger partial charge is 0.00157 e. The maximum Gasteiger partial charge on any atom is 0.00157 e. The van der Waals surface area contributed by atoms with E-state index in [4.69, 9.17) is 5.73 Å². The summed E-state index contributed by atoms with van der Waals surface area (Å²) in [5, 5.41) is 0. The highest BCUT2D eigenvalue weighted by molar-refractivity contribution is 5.25. The maximum atomic E-state index is 5.68. The fourth-order valence-corrected chi connectivity index (χ4v) is 1.08. The predicted octanol–water partition coefficient (Wildman–Crippen LogP) is 2.88. The largest absolute Gasteiger partial charge is 0.330 e. The van der Waals surface area contributed by atoms with Gasteiger partial charge < -0.3 is 5.73 Å². The Morgan fingerprint density at radius 2 is 2.00 bits per heavy atom. The van der Waals surface area contributed by atoms with Crippen LogP contribution in [-0.2, 0) is 0 Å². The van der Waals surface area contributed by atoms with Crippen molar-refractivity contribution in [3.8, 4) is 0 Å². The standard InChI is InChI=1S/C11H21N/c1-5-7-8-10(6-2)11(3,4)9-12/h6-8H,5,9,12H2,1-4H3/b8-7-,10-6+. The number of hydrogen-bond donors (Lipinski definition) is 1. The highest BCUT2D eigenvalue weighted by atomic mass is 14.6. The quantitative estimate of drug-likeness (QED) is 0.640. The van der Waals surface area contributed by atoms with Gasteiger partial charge in [-0.1, -0.05) is 39.0 Å². The predicted molar refractivity (Wildman–Crippen MR) is 56.0 cm³/mol. The van der Waals surface area contributed by atoms with Crippen molar-refractivity contribution in [2.45, 2.75) is 34.1 Å². The molecule has 0 amide bonds. The van der Waals surface area contributed by atoms with Crippen molar-refractivity contribution in [2.75, 3.05) is 6.54 Å². The molecular weight excluding hydrogens is 146 g/mol. The molecule has 0 aromatic carbocycles. The first-order valence-electron chi connectivity index (χ1n) is 4.62. The van der Waals surface area contributed by atoms with Crippen molar-refractivity contribution < 1.29 is 0 Å². The SMILES string of the molecule is C/C=C(\C=C/CC)C(C)(C)CN. The molecule has 0 aliphatic heterocycles. The molecule has 12 heavy (non-hydrogen) atoms. The average Bonchev–Trinajstić information content (AvgIpc) is 2.05. The Bertz CT molecular complexity index is 175. The van der Waals surface area contributed by atoms with Gasteiger partial charge in [-0.05, 0) is 18.9 Å². The molecule has 0 aliphatic rings. The van der Waals surface area contributed by atoms with Crippen molar-refractivity contribution >= 4 is 0 Å². The minimum Gasteiger partial charge on any atom is -0.330 e. The molecule has 70 valence electrons. The molecule has 0 rings (SSSR count). The number of hydrogen-bond acceptors (Lipinski definition) is 1. The van der Waals surface area contributed by atoms with Gasteiger partial charge in [-0.15, -0.1) is 0 Å². The third-order valence-corrected chi connectivity index (χ3v) is 2.14. The maximum absolute atomic E-state index is 5.68. The highest BCUT2D eigenvalue weighted by Gasteiger charge is 2.17. The molecule has 0 fully saturated rings. The Labute approximate surface area is 76.3 Å². The molecule has 0 saturated carbocycles. The first-order chi connectivity index (χ1) is 5.58. The van der Waals surface area contributed by atoms with E-state index in [1.807, 2.05) is 0 Å². The summed E-state index contributed by atoms with van der Waals surface area (Å²) in [4.78, 5) is 0. The second-order valence-electron chi connectivity index (χ2n) is 3.64. The lowest BCUT2D eigenvalue weighted by atomic mass is 9.84. The van der Waals surface area contributed by atoms with E-state index in [-0.39, 0.29) is 5.41 Å². The zero-order chi connectivity index (χ0) is 9.61. The second-order valence-corrected chi connectivity index (χ2v) is 3.64. The van der Waals surface area contributed by atoms with E-state index < -0.39 is 0 Å². The van der Waals surface area contributed by atoms with Gasteiger partial charge in [0.2, 0.25) is 0 Å². The molecule has 1 nitrogen and oxygen atoms in total. The lowest BCUT2D eigenvalue weighted by Crippen LogP contribution is -2.24. The summed E-state index contributed by atoms with van der Waals surface area (Å²) in [5.74, 6) is 0. The van der Waals surface area contributed by atoms with E-state index >= 15 is 0 Å². The second kappa shape index (κ2) is 5.15. The van der Waals surface area contributed by atoms with Gasteiger partial charge in [0.05, 0.1) is 0 Å². The van der Waals surface area contributed by atoms with E-state index in [1.54, 1.807) is 0 Å². The Kier molecular flexibility index (Phi) is 4.91. The third-order valence-electron chi connectivity index (χ3n) is 2.14. The molecule has 0 aromatic rings. The van der Waals surface area contributed by atoms with Gasteiger partial charge in [0.1, 0.15) is 0 Å². The summed E-state index contributed by atoms with van der Waals surface area (Å²) in [6.07, 6.45) is 7.57. The fourth-order valence-electron chi connectivity index (χ4n) is 1.08. The minimum atomic E-state index is 0.112. The highest BCUT2D eigenvalue weighted by Crippen LogP contribution is 2.25. The van der Waals surface area contributed by atoms with E-state index in [0.717, 1.165) is 6.42 Å². The molecule has 0 spiro atoms. The fraction of sp³-hybridized carbons (Fsp3) is 0.636. The van der Waals surface area contributed by atoms with Crippen LogP contribution in [0.2, 0.25) is 0 Å². The molecular formula is C11H21N. The van der Waals surface area contributed by atoms with Crippen molar-refractivity contribution in [2.24, 2.45) is 11.1 Å². The van der Waals surface area contributed by atoms with Crippen LogP contribution in [0, 0.1) is 5.41 Å². The molecule has 0 aromatic heterocycles. The molecule has 0 unspecified atom stereocenters. The minimum absolute atomic E-state index is 0.112. The van der Waals surface area contributed by atoms with Crippen molar-refractivity contribution in [1.29, 1.82) is 0 Å². The zero-order valence-electron chi connectivity index (χ0n) is 8.72.